The minimum Gasteiger partial charge on any atom is -0.291 e. The Balaban J connectivity index is 4.28. The van der Waals surface area contributed by atoms with Crippen LogP contribution in [0.15, 0.2) is 4.99 Å². The zero-order chi connectivity index (χ0) is 9.07. The largest absolute Gasteiger partial charge is 0.291 e. The zero-order valence-electron chi connectivity index (χ0n) is 8.06. The molecule has 2 atom stereocenters. The molecule has 11 heavy (non-hydrogen) atoms. The summed E-state index contributed by atoms with van der Waals surface area (Å²) in [6.07, 6.45) is 1.66. The molecule has 0 aliphatic carbocycles. The summed E-state index contributed by atoms with van der Waals surface area (Å²) in [5, 5.41) is 0. The van der Waals surface area contributed by atoms with Gasteiger partial charge < -0.3 is 0 Å². The fourth-order valence-electron chi connectivity index (χ4n) is 0.852. The van der Waals surface area contributed by atoms with Crippen LogP contribution >= 0.6 is 0 Å². The van der Waals surface area contributed by atoms with Crippen LogP contribution in [0.25, 0.3) is 0 Å². The second-order valence-electron chi connectivity index (χ2n) is 3.39. The van der Waals surface area contributed by atoms with Gasteiger partial charge in [0.2, 0.25) is 0 Å². The predicted molar refractivity (Wildman–Crippen MR) is 48.0 cm³/mol. The Kier molecular flexibility index (Phi) is 3.70. The second-order valence-corrected chi connectivity index (χ2v) is 3.39. The van der Waals surface area contributed by atoms with Crippen molar-refractivity contribution in [1.82, 2.24) is 0 Å². The third kappa shape index (κ3) is 2.60. The molecule has 0 radical (unpaired) electrons. The van der Waals surface area contributed by atoms with Gasteiger partial charge >= 0.3 is 0 Å². The molecule has 0 rings (SSSR count). The maximum atomic E-state index is 13.7. The molecule has 0 N–H and O–H groups in total. The van der Waals surface area contributed by atoms with Gasteiger partial charge in [-0.3, -0.25) is 4.99 Å². The van der Waals surface area contributed by atoms with E-state index in [0.29, 0.717) is 0 Å². The van der Waals surface area contributed by atoms with E-state index in [0.717, 1.165) is 0 Å². The highest BCUT2D eigenvalue weighted by Crippen LogP contribution is 2.27. The number of aliphatic imine (C=N–C) groups is 1. The normalized spacial score (nSPS) is 20.6. The van der Waals surface area contributed by atoms with Gasteiger partial charge in [0.05, 0.1) is 6.04 Å². The zero-order valence-corrected chi connectivity index (χ0v) is 8.06. The molecule has 0 aromatic carbocycles. The Bertz CT molecular complexity index is 138. The SMILES string of the molecule is CC=NC(C)[C@@](C)(F)C(C)C. The molecular weight excluding hydrogens is 141 g/mol. The van der Waals surface area contributed by atoms with Crippen molar-refractivity contribution in [2.24, 2.45) is 10.9 Å². The number of hydrogen-bond donors (Lipinski definition) is 0. The lowest BCUT2D eigenvalue weighted by molar-refractivity contribution is 0.0979. The van der Waals surface area contributed by atoms with E-state index in [-0.39, 0.29) is 12.0 Å². The molecule has 0 saturated carbocycles. The molecule has 0 spiro atoms. The van der Waals surface area contributed by atoms with Crippen molar-refractivity contribution in [3.05, 3.63) is 0 Å². The molecule has 1 unspecified atom stereocenters. The molecule has 66 valence electrons. The van der Waals surface area contributed by atoms with Crippen molar-refractivity contribution in [2.75, 3.05) is 0 Å². The fourth-order valence-corrected chi connectivity index (χ4v) is 0.852. The minimum atomic E-state index is -1.19. The highest BCUT2D eigenvalue weighted by atomic mass is 19.1. The van der Waals surface area contributed by atoms with Crippen LogP contribution in [-0.2, 0) is 0 Å². The lowest BCUT2D eigenvalue weighted by Gasteiger charge is -2.28. The van der Waals surface area contributed by atoms with Gasteiger partial charge in [-0.1, -0.05) is 13.8 Å². The minimum absolute atomic E-state index is 0.0150. The Morgan fingerprint density at radius 2 is 1.82 bits per heavy atom. The van der Waals surface area contributed by atoms with Gasteiger partial charge in [-0.2, -0.15) is 0 Å². The summed E-state index contributed by atoms with van der Waals surface area (Å²) in [5.74, 6) is 0.0150. The molecule has 0 bridgehead atoms. The Morgan fingerprint density at radius 3 is 2.09 bits per heavy atom. The van der Waals surface area contributed by atoms with E-state index in [1.165, 1.54) is 0 Å². The van der Waals surface area contributed by atoms with E-state index in [4.69, 9.17) is 0 Å². The quantitative estimate of drug-likeness (QED) is 0.561. The summed E-state index contributed by atoms with van der Waals surface area (Å²) in [4.78, 5) is 4.02. The topological polar surface area (TPSA) is 12.4 Å². The Morgan fingerprint density at radius 1 is 1.36 bits per heavy atom. The summed E-state index contributed by atoms with van der Waals surface area (Å²) < 4.78 is 13.7. The van der Waals surface area contributed by atoms with Crippen LogP contribution in [0.2, 0.25) is 0 Å². The average Bonchev–Trinajstić information content (AvgIpc) is 1.88. The first-order valence-electron chi connectivity index (χ1n) is 4.09. The monoisotopic (exact) mass is 159 g/mol. The maximum absolute atomic E-state index is 13.7. The van der Waals surface area contributed by atoms with Crippen LogP contribution in [0.3, 0.4) is 0 Å². The van der Waals surface area contributed by atoms with Crippen LogP contribution in [0.4, 0.5) is 4.39 Å². The van der Waals surface area contributed by atoms with Crippen molar-refractivity contribution < 1.29 is 4.39 Å². The number of hydrogen-bond acceptors (Lipinski definition) is 1. The molecule has 0 heterocycles. The second kappa shape index (κ2) is 3.84. The predicted octanol–water partition coefficient (Wildman–Crippen LogP) is 2.85. The molecular formula is C9H18FN. The van der Waals surface area contributed by atoms with Crippen LogP contribution in [0.5, 0.6) is 0 Å². The van der Waals surface area contributed by atoms with Gasteiger partial charge in [0, 0.05) is 0 Å². The van der Waals surface area contributed by atoms with Gasteiger partial charge in [0.15, 0.2) is 0 Å². The lowest BCUT2D eigenvalue weighted by Crippen LogP contribution is -2.36. The number of alkyl halides is 1. The van der Waals surface area contributed by atoms with E-state index in [9.17, 15) is 4.39 Å². The van der Waals surface area contributed by atoms with Crippen molar-refractivity contribution in [3.8, 4) is 0 Å². The summed E-state index contributed by atoms with van der Waals surface area (Å²) >= 11 is 0. The van der Waals surface area contributed by atoms with E-state index < -0.39 is 5.67 Å². The first kappa shape index (κ1) is 10.6. The molecule has 0 aliphatic rings. The Hall–Kier alpha value is -0.400. The van der Waals surface area contributed by atoms with E-state index >= 15 is 0 Å². The average molecular weight is 159 g/mol. The number of halogens is 1. The summed E-state index contributed by atoms with van der Waals surface area (Å²) in [6.45, 7) is 8.98. The summed E-state index contributed by atoms with van der Waals surface area (Å²) in [5.41, 5.74) is -1.19. The van der Waals surface area contributed by atoms with Crippen LogP contribution in [0.1, 0.15) is 34.6 Å². The van der Waals surface area contributed by atoms with Gasteiger partial charge in [-0.25, -0.2) is 4.39 Å². The molecule has 1 nitrogen and oxygen atoms in total. The van der Waals surface area contributed by atoms with Gasteiger partial charge in [0.25, 0.3) is 0 Å². The number of nitrogens with zero attached hydrogens (tertiary/aromatic N) is 1. The first-order chi connectivity index (χ1) is 4.92. The van der Waals surface area contributed by atoms with Crippen LogP contribution in [-0.4, -0.2) is 17.9 Å². The van der Waals surface area contributed by atoms with Crippen molar-refractivity contribution >= 4 is 6.21 Å². The molecule has 0 amide bonds. The van der Waals surface area contributed by atoms with Gasteiger partial charge in [0.1, 0.15) is 5.67 Å². The molecule has 0 aromatic rings. The van der Waals surface area contributed by atoms with Crippen molar-refractivity contribution in [3.63, 3.8) is 0 Å². The molecule has 0 saturated heterocycles. The fraction of sp³-hybridized carbons (Fsp3) is 0.889. The number of rotatable bonds is 3. The molecule has 0 aliphatic heterocycles. The Labute approximate surface area is 68.7 Å². The maximum Gasteiger partial charge on any atom is 0.132 e. The van der Waals surface area contributed by atoms with Gasteiger partial charge in [-0.05, 0) is 32.9 Å². The third-order valence-corrected chi connectivity index (χ3v) is 2.32. The summed E-state index contributed by atoms with van der Waals surface area (Å²) in [7, 11) is 0. The van der Waals surface area contributed by atoms with E-state index in [1.807, 2.05) is 20.8 Å². The first-order valence-corrected chi connectivity index (χ1v) is 4.09. The highest BCUT2D eigenvalue weighted by molar-refractivity contribution is 5.53. The molecule has 0 aromatic heterocycles. The van der Waals surface area contributed by atoms with Crippen LogP contribution < -0.4 is 0 Å². The summed E-state index contributed by atoms with van der Waals surface area (Å²) in [6, 6.07) is -0.243. The standard InChI is InChI=1S/C9H18FN/c1-6-11-8(4)9(5,10)7(2)3/h6-8H,1-5H3/t8?,9-/m0/s1. The van der Waals surface area contributed by atoms with Crippen LogP contribution in [0, 0.1) is 5.92 Å². The van der Waals surface area contributed by atoms with Crippen molar-refractivity contribution in [2.45, 2.75) is 46.3 Å². The molecule has 0 fully saturated rings. The van der Waals surface area contributed by atoms with Crippen molar-refractivity contribution in [1.29, 1.82) is 0 Å². The lowest BCUT2D eigenvalue weighted by atomic mass is 9.88. The smallest absolute Gasteiger partial charge is 0.132 e. The van der Waals surface area contributed by atoms with Gasteiger partial charge in [-0.15, -0.1) is 0 Å². The third-order valence-electron chi connectivity index (χ3n) is 2.32. The molecule has 2 heteroatoms. The highest BCUT2D eigenvalue weighted by Gasteiger charge is 2.33. The van der Waals surface area contributed by atoms with E-state index in [1.54, 1.807) is 20.1 Å². The van der Waals surface area contributed by atoms with E-state index in [2.05, 4.69) is 4.99 Å².